The van der Waals surface area contributed by atoms with Crippen LogP contribution >= 0.6 is 0 Å². The minimum atomic E-state index is -0.322. The molecule has 0 saturated heterocycles. The minimum Gasteiger partial charge on any atom is -0.306 e. The number of hydrogen-bond donors (Lipinski definition) is 0. The lowest BCUT2D eigenvalue weighted by atomic mass is 10.2. The van der Waals surface area contributed by atoms with E-state index in [1.165, 1.54) is 10.6 Å². The maximum absolute atomic E-state index is 13.7. The van der Waals surface area contributed by atoms with Crippen LogP contribution in [-0.4, -0.2) is 19.2 Å². The van der Waals surface area contributed by atoms with Crippen LogP contribution in [0.5, 0.6) is 0 Å². The molecule has 2 aromatic heterocycles. The third-order valence-corrected chi connectivity index (χ3v) is 3.39. The van der Waals surface area contributed by atoms with Crippen LogP contribution < -0.4 is 5.56 Å². The smallest absolute Gasteiger partial charge is 0.296 e. The fourth-order valence-corrected chi connectivity index (χ4v) is 2.30. The first-order valence-electron chi connectivity index (χ1n) is 6.87. The molecular formula is C15H15FN4O. The maximum atomic E-state index is 13.7. The molecule has 21 heavy (non-hydrogen) atoms. The lowest BCUT2D eigenvalue weighted by Gasteiger charge is -2.07. The summed E-state index contributed by atoms with van der Waals surface area (Å²) in [5.41, 5.74) is 0.477. The predicted octanol–water partition coefficient (Wildman–Crippen LogP) is 2.03. The summed E-state index contributed by atoms with van der Waals surface area (Å²) >= 11 is 0. The summed E-state index contributed by atoms with van der Waals surface area (Å²) in [6.07, 6.45) is 5.09. The molecule has 0 aliphatic carbocycles. The van der Waals surface area contributed by atoms with Crippen molar-refractivity contribution in [2.45, 2.75) is 26.3 Å². The average molecular weight is 286 g/mol. The Morgan fingerprint density at radius 2 is 2.00 bits per heavy atom. The molecule has 3 aromatic rings. The normalized spacial score (nSPS) is 11.1. The predicted molar refractivity (Wildman–Crippen MR) is 76.7 cm³/mol. The van der Waals surface area contributed by atoms with Gasteiger partial charge in [0.05, 0.1) is 6.54 Å². The van der Waals surface area contributed by atoms with Gasteiger partial charge in [-0.3, -0.25) is 9.20 Å². The summed E-state index contributed by atoms with van der Waals surface area (Å²) in [6.45, 7) is 2.22. The van der Waals surface area contributed by atoms with Crippen molar-refractivity contribution >= 4 is 5.65 Å². The quantitative estimate of drug-likeness (QED) is 0.737. The summed E-state index contributed by atoms with van der Waals surface area (Å²) in [6, 6.07) is 6.42. The zero-order valence-corrected chi connectivity index (χ0v) is 11.7. The minimum absolute atomic E-state index is 0.179. The number of hydrogen-bond acceptors (Lipinski definition) is 3. The van der Waals surface area contributed by atoms with Gasteiger partial charge in [-0.2, -0.15) is 0 Å². The van der Waals surface area contributed by atoms with E-state index in [9.17, 15) is 9.18 Å². The zero-order valence-electron chi connectivity index (χ0n) is 11.7. The van der Waals surface area contributed by atoms with Gasteiger partial charge in [-0.25, -0.2) is 4.39 Å². The zero-order chi connectivity index (χ0) is 14.8. The van der Waals surface area contributed by atoms with Crippen molar-refractivity contribution in [3.05, 3.63) is 64.2 Å². The highest BCUT2D eigenvalue weighted by Gasteiger charge is 2.11. The largest absolute Gasteiger partial charge is 0.306 e. The van der Waals surface area contributed by atoms with Crippen LogP contribution in [0.4, 0.5) is 4.39 Å². The van der Waals surface area contributed by atoms with Gasteiger partial charge in [-0.15, -0.1) is 10.2 Å². The van der Waals surface area contributed by atoms with Crippen molar-refractivity contribution in [3.63, 3.8) is 0 Å². The van der Waals surface area contributed by atoms with Crippen LogP contribution in [0, 0.1) is 5.82 Å². The second-order valence-corrected chi connectivity index (χ2v) is 4.88. The van der Waals surface area contributed by atoms with Crippen molar-refractivity contribution in [3.8, 4) is 0 Å². The van der Waals surface area contributed by atoms with Gasteiger partial charge >= 0.3 is 0 Å². The molecule has 5 nitrogen and oxygen atoms in total. The van der Waals surface area contributed by atoms with Crippen molar-refractivity contribution < 1.29 is 4.39 Å². The Bertz CT molecular complexity index is 837. The van der Waals surface area contributed by atoms with E-state index in [0.29, 0.717) is 5.56 Å². The molecule has 108 valence electrons. The molecule has 3 rings (SSSR count). The van der Waals surface area contributed by atoms with Crippen LogP contribution in [0.15, 0.2) is 41.5 Å². The van der Waals surface area contributed by atoms with Crippen molar-refractivity contribution in [2.24, 2.45) is 0 Å². The van der Waals surface area contributed by atoms with Crippen molar-refractivity contribution in [1.29, 1.82) is 0 Å². The van der Waals surface area contributed by atoms with Gasteiger partial charge in [0.2, 0.25) is 5.65 Å². The van der Waals surface area contributed by atoms with E-state index >= 15 is 0 Å². The second kappa shape index (κ2) is 5.47. The van der Waals surface area contributed by atoms with Gasteiger partial charge in [0, 0.05) is 24.4 Å². The number of fused-ring (bicyclic) bond motifs is 1. The Hall–Kier alpha value is -2.50. The molecule has 0 spiro atoms. The summed E-state index contributed by atoms with van der Waals surface area (Å²) in [7, 11) is 0. The molecule has 0 bridgehead atoms. The summed E-state index contributed by atoms with van der Waals surface area (Å²) in [5, 5.41) is 7.98. The average Bonchev–Trinajstić information content (AvgIpc) is 2.89. The monoisotopic (exact) mass is 286 g/mol. The molecule has 2 heterocycles. The Morgan fingerprint density at radius 3 is 2.76 bits per heavy atom. The fraction of sp³-hybridized carbons (Fsp3) is 0.267. The standard InChI is InChI=1S/C15H15FN4O/c1-2-5-13-17-18-14-15(21)19(8-9-20(13)14)10-11-6-3-4-7-12(11)16/h3-4,6-9H,2,5,10H2,1H3. The molecule has 0 fully saturated rings. The maximum Gasteiger partial charge on any atom is 0.296 e. The van der Waals surface area contributed by atoms with E-state index in [2.05, 4.69) is 10.2 Å². The van der Waals surface area contributed by atoms with Gasteiger partial charge in [-0.1, -0.05) is 25.1 Å². The lowest BCUT2D eigenvalue weighted by Crippen LogP contribution is -2.23. The molecule has 0 N–H and O–H groups in total. The lowest BCUT2D eigenvalue weighted by molar-refractivity contribution is 0.595. The molecule has 1 aromatic carbocycles. The number of rotatable bonds is 4. The van der Waals surface area contributed by atoms with E-state index in [0.717, 1.165) is 18.7 Å². The van der Waals surface area contributed by atoms with Gasteiger partial charge in [0.25, 0.3) is 5.56 Å². The Kier molecular flexibility index (Phi) is 3.51. The van der Waals surface area contributed by atoms with E-state index in [1.54, 1.807) is 35.0 Å². The first-order chi connectivity index (χ1) is 10.2. The summed E-state index contributed by atoms with van der Waals surface area (Å²) < 4.78 is 16.8. The van der Waals surface area contributed by atoms with Crippen molar-refractivity contribution in [1.82, 2.24) is 19.2 Å². The molecule has 0 atom stereocenters. The van der Waals surface area contributed by atoms with Gasteiger partial charge in [-0.05, 0) is 12.5 Å². The van der Waals surface area contributed by atoms with Crippen LogP contribution in [0.2, 0.25) is 0 Å². The number of aromatic nitrogens is 4. The number of aryl methyl sites for hydroxylation is 1. The van der Waals surface area contributed by atoms with E-state index in [4.69, 9.17) is 0 Å². The fourth-order valence-electron chi connectivity index (χ4n) is 2.30. The van der Waals surface area contributed by atoms with Gasteiger partial charge in [0.15, 0.2) is 0 Å². The highest BCUT2D eigenvalue weighted by Crippen LogP contribution is 2.08. The summed E-state index contributed by atoms with van der Waals surface area (Å²) in [5.74, 6) is 0.444. The van der Waals surface area contributed by atoms with Crippen molar-refractivity contribution in [2.75, 3.05) is 0 Å². The van der Waals surface area contributed by atoms with Gasteiger partial charge in [0.1, 0.15) is 11.6 Å². The molecule has 0 aliphatic heterocycles. The third-order valence-electron chi connectivity index (χ3n) is 3.39. The van der Waals surface area contributed by atoms with Crippen LogP contribution in [0.25, 0.3) is 5.65 Å². The number of halogens is 1. The molecule has 0 saturated carbocycles. The highest BCUT2D eigenvalue weighted by atomic mass is 19.1. The van der Waals surface area contributed by atoms with Gasteiger partial charge < -0.3 is 4.57 Å². The second-order valence-electron chi connectivity index (χ2n) is 4.88. The SMILES string of the molecule is CCCc1nnc2c(=O)n(Cc3ccccc3F)ccn12. The van der Waals surface area contributed by atoms with E-state index < -0.39 is 0 Å². The van der Waals surface area contributed by atoms with Crippen LogP contribution in [0.1, 0.15) is 24.7 Å². The van der Waals surface area contributed by atoms with Crippen LogP contribution in [-0.2, 0) is 13.0 Å². The summed E-state index contributed by atoms with van der Waals surface area (Å²) in [4.78, 5) is 12.4. The Morgan fingerprint density at radius 1 is 1.19 bits per heavy atom. The molecule has 0 amide bonds. The van der Waals surface area contributed by atoms with E-state index in [1.807, 2.05) is 6.92 Å². The van der Waals surface area contributed by atoms with Crippen LogP contribution in [0.3, 0.4) is 0 Å². The topological polar surface area (TPSA) is 52.2 Å². The Balaban J connectivity index is 2.03. The number of benzene rings is 1. The Labute approximate surface area is 120 Å². The highest BCUT2D eigenvalue weighted by molar-refractivity contribution is 5.35. The third kappa shape index (κ3) is 2.44. The molecule has 0 radical (unpaired) electrons. The van der Waals surface area contributed by atoms with E-state index in [-0.39, 0.29) is 23.6 Å². The molecule has 0 unspecified atom stereocenters. The first kappa shape index (κ1) is 13.5. The molecule has 6 heteroatoms. The molecule has 0 aliphatic rings. The number of nitrogens with zero attached hydrogens (tertiary/aromatic N) is 4. The molecular weight excluding hydrogens is 271 g/mol. The first-order valence-corrected chi connectivity index (χ1v) is 6.87.